The van der Waals surface area contributed by atoms with Crippen LogP contribution in [0.1, 0.15) is 22.8 Å². The second-order valence-corrected chi connectivity index (χ2v) is 4.95. The van der Waals surface area contributed by atoms with Crippen LogP contribution < -0.4 is 0 Å². The van der Waals surface area contributed by atoms with Crippen molar-refractivity contribution in [2.45, 2.75) is 6.92 Å². The fourth-order valence-corrected chi connectivity index (χ4v) is 2.29. The van der Waals surface area contributed by atoms with E-state index < -0.39 is 5.97 Å². The minimum atomic E-state index is -0.452. The van der Waals surface area contributed by atoms with Crippen LogP contribution in [0.3, 0.4) is 0 Å². The van der Waals surface area contributed by atoms with Crippen molar-refractivity contribution in [1.29, 1.82) is 0 Å². The summed E-state index contributed by atoms with van der Waals surface area (Å²) in [5.74, 6) is -0.452. The Labute approximate surface area is 128 Å². The third kappa shape index (κ3) is 2.88. The predicted molar refractivity (Wildman–Crippen MR) is 88.0 cm³/mol. The number of carbonyl (C=O) groups is 1. The number of oxime groups is 1. The van der Waals surface area contributed by atoms with E-state index in [0.29, 0.717) is 11.3 Å². The number of benzene rings is 3. The van der Waals surface area contributed by atoms with E-state index in [-0.39, 0.29) is 0 Å². The van der Waals surface area contributed by atoms with Crippen molar-refractivity contribution in [3.8, 4) is 0 Å². The summed E-state index contributed by atoms with van der Waals surface area (Å²) in [6, 6.07) is 22.9. The van der Waals surface area contributed by atoms with Gasteiger partial charge in [0.25, 0.3) is 0 Å². The standard InChI is InChI=1S/C19H15NO2/c1-14(15-8-3-2-4-9-15)20-22-19(21)18-13-7-11-16-10-5-6-12-17(16)18/h2-13H,1H3/b20-14+. The first-order valence-corrected chi connectivity index (χ1v) is 7.05. The van der Waals surface area contributed by atoms with E-state index in [2.05, 4.69) is 5.16 Å². The molecule has 0 aliphatic carbocycles. The van der Waals surface area contributed by atoms with E-state index in [4.69, 9.17) is 4.84 Å². The van der Waals surface area contributed by atoms with E-state index in [9.17, 15) is 4.79 Å². The summed E-state index contributed by atoms with van der Waals surface area (Å²) in [4.78, 5) is 17.4. The molecular weight excluding hydrogens is 274 g/mol. The van der Waals surface area contributed by atoms with Crippen LogP contribution in [0.15, 0.2) is 78.0 Å². The number of hydrogen-bond acceptors (Lipinski definition) is 3. The van der Waals surface area contributed by atoms with Crippen molar-refractivity contribution in [3.63, 3.8) is 0 Å². The molecule has 0 bridgehead atoms. The number of carbonyl (C=O) groups excluding carboxylic acids is 1. The molecule has 0 amide bonds. The summed E-state index contributed by atoms with van der Waals surface area (Å²) in [6.07, 6.45) is 0. The van der Waals surface area contributed by atoms with Crippen LogP contribution in [0.4, 0.5) is 0 Å². The van der Waals surface area contributed by atoms with Crippen LogP contribution in [-0.2, 0) is 4.84 Å². The van der Waals surface area contributed by atoms with E-state index >= 15 is 0 Å². The lowest BCUT2D eigenvalue weighted by molar-refractivity contribution is 0.0519. The van der Waals surface area contributed by atoms with Crippen LogP contribution in [0, 0.1) is 0 Å². The third-order valence-corrected chi connectivity index (χ3v) is 3.47. The molecule has 0 aliphatic heterocycles. The van der Waals surface area contributed by atoms with Crippen molar-refractivity contribution in [1.82, 2.24) is 0 Å². The summed E-state index contributed by atoms with van der Waals surface area (Å²) in [7, 11) is 0. The highest BCUT2D eigenvalue weighted by molar-refractivity contribution is 6.05. The Morgan fingerprint density at radius 1 is 0.864 bits per heavy atom. The molecule has 3 aromatic rings. The maximum absolute atomic E-state index is 12.3. The van der Waals surface area contributed by atoms with Gasteiger partial charge in [0, 0.05) is 0 Å². The highest BCUT2D eigenvalue weighted by Crippen LogP contribution is 2.19. The Morgan fingerprint density at radius 2 is 1.55 bits per heavy atom. The van der Waals surface area contributed by atoms with Crippen molar-refractivity contribution >= 4 is 22.5 Å². The molecule has 0 spiro atoms. The molecule has 3 nitrogen and oxygen atoms in total. The number of nitrogens with zero attached hydrogens (tertiary/aromatic N) is 1. The molecule has 3 rings (SSSR count). The number of fused-ring (bicyclic) bond motifs is 1. The van der Waals surface area contributed by atoms with Crippen LogP contribution in [0.2, 0.25) is 0 Å². The zero-order chi connectivity index (χ0) is 15.4. The topological polar surface area (TPSA) is 38.7 Å². The molecule has 3 aromatic carbocycles. The number of rotatable bonds is 3. The normalized spacial score (nSPS) is 11.4. The average Bonchev–Trinajstić information content (AvgIpc) is 2.59. The first-order chi connectivity index (χ1) is 10.8. The smallest absolute Gasteiger partial charge is 0.313 e. The maximum Gasteiger partial charge on any atom is 0.366 e. The van der Waals surface area contributed by atoms with Crippen molar-refractivity contribution in [2.24, 2.45) is 5.16 Å². The minimum absolute atomic E-state index is 0.452. The van der Waals surface area contributed by atoms with Crippen LogP contribution in [-0.4, -0.2) is 11.7 Å². The van der Waals surface area contributed by atoms with Gasteiger partial charge in [-0.1, -0.05) is 71.9 Å². The maximum atomic E-state index is 12.3. The second-order valence-electron chi connectivity index (χ2n) is 4.95. The molecule has 0 saturated carbocycles. The largest absolute Gasteiger partial charge is 0.366 e. The van der Waals surface area contributed by atoms with Gasteiger partial charge >= 0.3 is 5.97 Å². The first kappa shape index (κ1) is 14.0. The summed E-state index contributed by atoms with van der Waals surface area (Å²) in [5, 5.41) is 5.81. The lowest BCUT2D eigenvalue weighted by Gasteiger charge is -2.04. The predicted octanol–water partition coefficient (Wildman–Crippen LogP) is 4.42. The molecule has 3 heteroatoms. The molecular formula is C19H15NO2. The highest BCUT2D eigenvalue weighted by atomic mass is 16.7. The molecule has 0 saturated heterocycles. The van der Waals surface area contributed by atoms with Crippen molar-refractivity contribution < 1.29 is 9.63 Å². The summed E-state index contributed by atoms with van der Waals surface area (Å²) in [6.45, 7) is 1.81. The lowest BCUT2D eigenvalue weighted by Crippen LogP contribution is -2.04. The van der Waals surface area contributed by atoms with Gasteiger partial charge in [0.15, 0.2) is 0 Å². The van der Waals surface area contributed by atoms with Gasteiger partial charge in [-0.05, 0) is 29.3 Å². The van der Waals surface area contributed by atoms with Gasteiger partial charge in [-0.3, -0.25) is 0 Å². The molecule has 0 heterocycles. The Kier molecular flexibility index (Phi) is 3.97. The van der Waals surface area contributed by atoms with Gasteiger partial charge in [-0.2, -0.15) is 0 Å². The van der Waals surface area contributed by atoms with Gasteiger partial charge in [0.1, 0.15) is 0 Å². The average molecular weight is 289 g/mol. The van der Waals surface area contributed by atoms with Gasteiger partial charge in [-0.25, -0.2) is 4.79 Å². The van der Waals surface area contributed by atoms with E-state index in [0.717, 1.165) is 16.3 Å². The molecule has 0 aromatic heterocycles. The molecule has 0 atom stereocenters. The lowest BCUT2D eigenvalue weighted by atomic mass is 10.1. The third-order valence-electron chi connectivity index (χ3n) is 3.47. The zero-order valence-corrected chi connectivity index (χ0v) is 12.2. The monoisotopic (exact) mass is 289 g/mol. The Morgan fingerprint density at radius 3 is 2.36 bits per heavy atom. The van der Waals surface area contributed by atoms with Crippen LogP contribution in [0.25, 0.3) is 10.8 Å². The second kappa shape index (κ2) is 6.22. The Balaban J connectivity index is 1.85. The highest BCUT2D eigenvalue weighted by Gasteiger charge is 2.11. The van der Waals surface area contributed by atoms with Gasteiger partial charge < -0.3 is 4.84 Å². The Hall–Kier alpha value is -2.94. The molecule has 0 aliphatic rings. The van der Waals surface area contributed by atoms with Crippen LogP contribution >= 0.6 is 0 Å². The van der Waals surface area contributed by atoms with Gasteiger partial charge in [0.2, 0.25) is 0 Å². The molecule has 22 heavy (non-hydrogen) atoms. The zero-order valence-electron chi connectivity index (χ0n) is 12.2. The fourth-order valence-electron chi connectivity index (χ4n) is 2.29. The van der Waals surface area contributed by atoms with E-state index in [1.165, 1.54) is 0 Å². The SMILES string of the molecule is C/C(=N\OC(=O)c1cccc2ccccc12)c1ccccc1. The first-order valence-electron chi connectivity index (χ1n) is 7.05. The van der Waals surface area contributed by atoms with Gasteiger partial charge in [-0.15, -0.1) is 0 Å². The van der Waals surface area contributed by atoms with Crippen LogP contribution in [0.5, 0.6) is 0 Å². The molecule has 0 N–H and O–H groups in total. The quantitative estimate of drug-likeness (QED) is 0.406. The van der Waals surface area contributed by atoms with Gasteiger partial charge in [0.05, 0.1) is 11.3 Å². The Bertz CT molecular complexity index is 833. The summed E-state index contributed by atoms with van der Waals surface area (Å²) >= 11 is 0. The molecule has 108 valence electrons. The molecule has 0 unspecified atom stereocenters. The van der Waals surface area contributed by atoms with E-state index in [1.807, 2.05) is 73.7 Å². The van der Waals surface area contributed by atoms with Crippen molar-refractivity contribution in [3.05, 3.63) is 83.9 Å². The van der Waals surface area contributed by atoms with E-state index in [1.54, 1.807) is 6.07 Å². The summed E-state index contributed by atoms with van der Waals surface area (Å²) in [5.41, 5.74) is 2.10. The molecule has 0 radical (unpaired) electrons. The fraction of sp³-hybridized carbons (Fsp3) is 0.0526. The number of hydrogen-bond donors (Lipinski definition) is 0. The molecule has 0 fully saturated rings. The van der Waals surface area contributed by atoms with Crippen molar-refractivity contribution in [2.75, 3.05) is 0 Å². The summed E-state index contributed by atoms with van der Waals surface area (Å²) < 4.78 is 0. The minimum Gasteiger partial charge on any atom is -0.313 e.